The third kappa shape index (κ3) is 3.10. The summed E-state index contributed by atoms with van der Waals surface area (Å²) in [6.07, 6.45) is 8.02. The molecule has 1 heteroatoms. The normalized spacial score (nSPS) is 16.3. The number of nitrogens with zero attached hydrogens (tertiary/aromatic N) is 1. The van der Waals surface area contributed by atoms with Gasteiger partial charge in [-0.15, -0.1) is 0 Å². The van der Waals surface area contributed by atoms with Gasteiger partial charge in [-0.2, -0.15) is 0 Å². The van der Waals surface area contributed by atoms with Gasteiger partial charge in [0.05, 0.1) is 0 Å². The molecule has 1 atom stereocenters. The smallest absolute Gasteiger partial charge is 0.0467 e. The Bertz CT molecular complexity index is 1140. The first kappa shape index (κ1) is 16.8. The number of hydrogen-bond donors (Lipinski definition) is 0. The molecule has 0 radical (unpaired) electrons. The molecule has 1 unspecified atom stereocenters. The summed E-state index contributed by atoms with van der Waals surface area (Å²) in [6, 6.07) is 30.6. The average molecular weight is 361 g/mol. The number of rotatable bonds is 3. The second kappa shape index (κ2) is 7.01. The van der Waals surface area contributed by atoms with Crippen LogP contribution >= 0.6 is 0 Å². The molecular weight excluding hydrogens is 338 g/mol. The fourth-order valence-electron chi connectivity index (χ4n) is 4.05. The van der Waals surface area contributed by atoms with Gasteiger partial charge in [0.15, 0.2) is 0 Å². The Morgan fingerprint density at radius 1 is 0.679 bits per heavy atom. The second-order valence-electron chi connectivity index (χ2n) is 7.61. The van der Waals surface area contributed by atoms with Crippen molar-refractivity contribution in [2.45, 2.75) is 13.3 Å². The summed E-state index contributed by atoms with van der Waals surface area (Å²) >= 11 is 0. The number of hydrogen-bond acceptors (Lipinski definition) is 1. The molecule has 0 N–H and O–H groups in total. The third-order valence-corrected chi connectivity index (χ3v) is 5.49. The van der Waals surface area contributed by atoms with Gasteiger partial charge in [0.1, 0.15) is 0 Å². The number of benzene rings is 4. The minimum absolute atomic E-state index is 0.545. The molecule has 0 heterocycles. The van der Waals surface area contributed by atoms with Gasteiger partial charge in [0.2, 0.25) is 0 Å². The Balaban J connectivity index is 1.70. The average Bonchev–Trinajstić information content (AvgIpc) is 2.74. The van der Waals surface area contributed by atoms with Gasteiger partial charge in [-0.1, -0.05) is 79.7 Å². The summed E-state index contributed by atoms with van der Waals surface area (Å²) in [5, 5.41) is 5.07. The van der Waals surface area contributed by atoms with E-state index in [1.807, 2.05) is 0 Å². The van der Waals surface area contributed by atoms with Gasteiger partial charge >= 0.3 is 0 Å². The highest BCUT2D eigenvalue weighted by Crippen LogP contribution is 2.36. The zero-order valence-corrected chi connectivity index (χ0v) is 16.0. The predicted octanol–water partition coefficient (Wildman–Crippen LogP) is 7.61. The fourth-order valence-corrected chi connectivity index (χ4v) is 4.05. The van der Waals surface area contributed by atoms with Crippen LogP contribution < -0.4 is 4.90 Å². The fraction of sp³-hybridized carbons (Fsp3) is 0.111. The largest absolute Gasteiger partial charge is 0.311 e. The van der Waals surface area contributed by atoms with Gasteiger partial charge in [-0.05, 0) is 64.2 Å². The molecule has 0 amide bonds. The van der Waals surface area contributed by atoms with Crippen LogP contribution in [0.1, 0.15) is 13.3 Å². The van der Waals surface area contributed by atoms with E-state index in [0.29, 0.717) is 5.92 Å². The van der Waals surface area contributed by atoms with Crippen molar-refractivity contribution >= 4 is 32.9 Å². The lowest BCUT2D eigenvalue weighted by atomic mass is 9.99. The molecule has 4 aromatic carbocycles. The van der Waals surface area contributed by atoms with Crippen LogP contribution in [0.15, 0.2) is 109 Å². The SMILES string of the molecule is CC1C=C(N(c2ccc3ccccc3c2)c2ccc3ccccc3c2)C=CC1. The summed E-state index contributed by atoms with van der Waals surface area (Å²) < 4.78 is 0. The minimum Gasteiger partial charge on any atom is -0.311 e. The van der Waals surface area contributed by atoms with Gasteiger partial charge in [0, 0.05) is 17.1 Å². The highest BCUT2D eigenvalue weighted by Gasteiger charge is 2.17. The van der Waals surface area contributed by atoms with Crippen molar-refractivity contribution in [1.29, 1.82) is 0 Å². The molecule has 0 saturated heterocycles. The first-order valence-electron chi connectivity index (χ1n) is 9.94. The van der Waals surface area contributed by atoms with Crippen molar-refractivity contribution < 1.29 is 0 Å². The van der Waals surface area contributed by atoms with Crippen LogP contribution in [0.4, 0.5) is 11.4 Å². The summed E-state index contributed by atoms with van der Waals surface area (Å²) in [5.41, 5.74) is 3.63. The van der Waals surface area contributed by atoms with E-state index < -0.39 is 0 Å². The summed E-state index contributed by atoms with van der Waals surface area (Å²) in [4.78, 5) is 2.38. The Hall–Kier alpha value is -3.32. The summed E-state index contributed by atoms with van der Waals surface area (Å²) in [6.45, 7) is 2.28. The number of allylic oxidation sites excluding steroid dienone is 3. The maximum Gasteiger partial charge on any atom is 0.0467 e. The Kier molecular flexibility index (Phi) is 4.21. The molecule has 0 aliphatic heterocycles. The second-order valence-corrected chi connectivity index (χ2v) is 7.61. The monoisotopic (exact) mass is 361 g/mol. The summed E-state index contributed by atoms with van der Waals surface area (Å²) in [5.74, 6) is 0.545. The standard InChI is InChI=1S/C27H23N/c1-20-7-6-12-25(17-20)28(26-15-13-21-8-2-4-10-23(21)18-26)27-16-14-22-9-3-5-11-24(22)19-27/h2-6,8-20H,7H2,1H3. The van der Waals surface area contributed by atoms with Crippen LogP contribution in [0.2, 0.25) is 0 Å². The van der Waals surface area contributed by atoms with E-state index in [-0.39, 0.29) is 0 Å². The van der Waals surface area contributed by atoms with Gasteiger partial charge in [-0.25, -0.2) is 0 Å². The van der Waals surface area contributed by atoms with Crippen LogP contribution in [0.5, 0.6) is 0 Å². The van der Waals surface area contributed by atoms with E-state index in [1.54, 1.807) is 0 Å². The van der Waals surface area contributed by atoms with Gasteiger partial charge < -0.3 is 4.90 Å². The molecule has 0 spiro atoms. The van der Waals surface area contributed by atoms with Crippen LogP contribution in [-0.4, -0.2) is 0 Å². The van der Waals surface area contributed by atoms with Crippen LogP contribution in [0.3, 0.4) is 0 Å². The van der Waals surface area contributed by atoms with Crippen molar-refractivity contribution in [1.82, 2.24) is 0 Å². The maximum atomic E-state index is 2.38. The Morgan fingerprint density at radius 3 is 1.75 bits per heavy atom. The lowest BCUT2D eigenvalue weighted by molar-refractivity contribution is 0.726. The van der Waals surface area contributed by atoms with Crippen LogP contribution in [0, 0.1) is 5.92 Å². The molecule has 28 heavy (non-hydrogen) atoms. The lowest BCUT2D eigenvalue weighted by Crippen LogP contribution is -2.17. The van der Waals surface area contributed by atoms with Crippen molar-refractivity contribution in [3.05, 3.63) is 109 Å². The highest BCUT2D eigenvalue weighted by atomic mass is 15.1. The van der Waals surface area contributed by atoms with Crippen molar-refractivity contribution in [3.63, 3.8) is 0 Å². The molecule has 1 nitrogen and oxygen atoms in total. The quantitative estimate of drug-likeness (QED) is 0.363. The van der Waals surface area contributed by atoms with E-state index in [1.165, 1.54) is 38.6 Å². The molecule has 5 rings (SSSR count). The van der Waals surface area contributed by atoms with Gasteiger partial charge in [-0.3, -0.25) is 0 Å². The molecule has 4 aromatic rings. The van der Waals surface area contributed by atoms with Crippen molar-refractivity contribution in [2.75, 3.05) is 4.90 Å². The van der Waals surface area contributed by atoms with Crippen molar-refractivity contribution in [2.24, 2.45) is 5.92 Å². The molecule has 1 aliphatic rings. The lowest BCUT2D eigenvalue weighted by Gasteiger charge is -2.29. The predicted molar refractivity (Wildman–Crippen MR) is 121 cm³/mol. The zero-order valence-electron chi connectivity index (χ0n) is 16.0. The molecule has 0 saturated carbocycles. The molecular formula is C27H23N. The van der Waals surface area contributed by atoms with E-state index >= 15 is 0 Å². The zero-order chi connectivity index (χ0) is 18.9. The third-order valence-electron chi connectivity index (χ3n) is 5.49. The molecule has 1 aliphatic carbocycles. The van der Waals surface area contributed by atoms with E-state index in [9.17, 15) is 0 Å². The minimum atomic E-state index is 0.545. The van der Waals surface area contributed by atoms with Crippen LogP contribution in [-0.2, 0) is 0 Å². The first-order valence-corrected chi connectivity index (χ1v) is 9.94. The molecule has 0 aromatic heterocycles. The highest BCUT2D eigenvalue weighted by molar-refractivity contribution is 5.91. The molecule has 0 bridgehead atoms. The van der Waals surface area contributed by atoms with Crippen molar-refractivity contribution in [3.8, 4) is 0 Å². The van der Waals surface area contributed by atoms with Crippen LogP contribution in [0.25, 0.3) is 21.5 Å². The number of fused-ring (bicyclic) bond motifs is 2. The topological polar surface area (TPSA) is 3.24 Å². The maximum absolute atomic E-state index is 2.38. The van der Waals surface area contributed by atoms with E-state index in [0.717, 1.165) is 6.42 Å². The molecule has 0 fully saturated rings. The molecule has 136 valence electrons. The summed E-state index contributed by atoms with van der Waals surface area (Å²) in [7, 11) is 0. The van der Waals surface area contributed by atoms with E-state index in [2.05, 4.69) is 115 Å². The Labute approximate surface area is 166 Å². The van der Waals surface area contributed by atoms with E-state index in [4.69, 9.17) is 0 Å². The number of anilines is 2. The first-order chi connectivity index (χ1) is 13.8. The Morgan fingerprint density at radius 2 is 1.21 bits per heavy atom. The van der Waals surface area contributed by atoms with Gasteiger partial charge in [0.25, 0.3) is 0 Å².